The van der Waals surface area contributed by atoms with E-state index in [2.05, 4.69) is 15.1 Å². The second-order valence-electron chi connectivity index (χ2n) is 3.61. The van der Waals surface area contributed by atoms with E-state index in [-0.39, 0.29) is 9.79 Å². The lowest BCUT2D eigenvalue weighted by Crippen LogP contribution is -2.04. The van der Waals surface area contributed by atoms with E-state index < -0.39 is 9.84 Å². The number of benzene rings is 1. The molecule has 6 nitrogen and oxygen atoms in total. The Bertz CT molecular complexity index is 796. The summed E-state index contributed by atoms with van der Waals surface area (Å²) in [4.78, 5) is 8.12. The number of hydrogen-bond donors (Lipinski definition) is 0. The highest BCUT2D eigenvalue weighted by atomic mass is 32.2. The molecule has 0 aliphatic rings. The minimum absolute atomic E-state index is 0.0895. The van der Waals surface area contributed by atoms with Crippen LogP contribution in [0.1, 0.15) is 0 Å². The monoisotopic (exact) mass is 260 g/mol. The minimum atomic E-state index is -3.56. The maximum Gasteiger partial charge on any atom is 0.252 e. The molecule has 0 fully saturated rings. The Morgan fingerprint density at radius 2 is 1.78 bits per heavy atom. The number of fused-ring (bicyclic) bond motifs is 1. The van der Waals surface area contributed by atoms with Gasteiger partial charge in [0.2, 0.25) is 9.84 Å². The van der Waals surface area contributed by atoms with Crippen LogP contribution in [0.3, 0.4) is 0 Å². The molecule has 2 aromatic heterocycles. The van der Waals surface area contributed by atoms with Crippen molar-refractivity contribution in [3.8, 4) is 0 Å². The Morgan fingerprint density at radius 3 is 2.56 bits per heavy atom. The maximum absolute atomic E-state index is 12.3. The number of hydrogen-bond acceptors (Lipinski definition) is 5. The fraction of sp³-hybridized carbons (Fsp3) is 0. The van der Waals surface area contributed by atoms with Gasteiger partial charge in [0.15, 0.2) is 0 Å². The van der Waals surface area contributed by atoms with E-state index in [1.54, 1.807) is 30.3 Å². The molecule has 0 spiro atoms. The van der Waals surface area contributed by atoms with Crippen LogP contribution in [0.4, 0.5) is 0 Å². The quantitative estimate of drug-likeness (QED) is 0.685. The Morgan fingerprint density at radius 1 is 1.00 bits per heavy atom. The molecule has 0 aliphatic heterocycles. The largest absolute Gasteiger partial charge is 0.252 e. The van der Waals surface area contributed by atoms with E-state index in [9.17, 15) is 8.42 Å². The first-order valence-electron chi connectivity index (χ1n) is 5.13. The average Bonchev–Trinajstić information content (AvgIpc) is 2.87. The van der Waals surface area contributed by atoms with E-state index in [1.165, 1.54) is 23.2 Å². The van der Waals surface area contributed by atoms with Gasteiger partial charge < -0.3 is 0 Å². The van der Waals surface area contributed by atoms with E-state index in [0.717, 1.165) is 0 Å². The smallest absolute Gasteiger partial charge is 0.218 e. The van der Waals surface area contributed by atoms with Crippen molar-refractivity contribution in [2.24, 2.45) is 0 Å². The van der Waals surface area contributed by atoms with Crippen molar-refractivity contribution in [2.75, 3.05) is 0 Å². The second-order valence-corrected chi connectivity index (χ2v) is 5.56. The van der Waals surface area contributed by atoms with Crippen molar-refractivity contribution in [2.45, 2.75) is 9.79 Å². The molecule has 0 N–H and O–H groups in total. The Kier molecular flexibility index (Phi) is 2.34. The van der Waals surface area contributed by atoms with Crippen molar-refractivity contribution in [3.05, 3.63) is 49.1 Å². The maximum atomic E-state index is 12.3. The number of nitrogens with zero attached hydrogens (tertiary/aromatic N) is 4. The van der Waals surface area contributed by atoms with E-state index in [0.29, 0.717) is 5.78 Å². The Balaban J connectivity index is 2.19. The summed E-state index contributed by atoms with van der Waals surface area (Å²) in [5.41, 5.74) is 0. The van der Waals surface area contributed by atoms with Crippen molar-refractivity contribution in [3.63, 3.8) is 0 Å². The number of aromatic nitrogens is 4. The third-order valence-electron chi connectivity index (χ3n) is 2.47. The van der Waals surface area contributed by atoms with Crippen LogP contribution in [-0.2, 0) is 9.84 Å². The highest BCUT2D eigenvalue weighted by Gasteiger charge is 2.18. The van der Waals surface area contributed by atoms with Crippen LogP contribution in [-0.4, -0.2) is 28.0 Å². The molecule has 1 aromatic carbocycles. The summed E-state index contributed by atoms with van der Waals surface area (Å²) in [6, 6.07) is 8.20. The summed E-state index contributed by atoms with van der Waals surface area (Å²) in [6.07, 6.45) is 4.01. The zero-order valence-electron chi connectivity index (χ0n) is 9.13. The highest BCUT2D eigenvalue weighted by Crippen LogP contribution is 2.19. The van der Waals surface area contributed by atoms with Gasteiger partial charge in [-0.15, -0.1) is 0 Å². The van der Waals surface area contributed by atoms with Gasteiger partial charge in [0, 0.05) is 0 Å². The van der Waals surface area contributed by atoms with Crippen LogP contribution >= 0.6 is 0 Å². The third kappa shape index (κ3) is 1.65. The van der Waals surface area contributed by atoms with Crippen LogP contribution in [0, 0.1) is 0 Å². The third-order valence-corrected chi connectivity index (χ3v) is 4.20. The molecular weight excluding hydrogens is 252 g/mol. The van der Waals surface area contributed by atoms with E-state index >= 15 is 0 Å². The normalized spacial score (nSPS) is 11.8. The fourth-order valence-electron chi connectivity index (χ4n) is 1.58. The molecule has 0 unspecified atom stereocenters. The van der Waals surface area contributed by atoms with Crippen LogP contribution in [0.25, 0.3) is 5.78 Å². The SMILES string of the molecule is O=S(=O)(c1ccccc1)c1cnc2ncnn2c1. The predicted molar refractivity (Wildman–Crippen MR) is 62.7 cm³/mol. The molecule has 3 rings (SSSR count). The topological polar surface area (TPSA) is 77.2 Å². The summed E-state index contributed by atoms with van der Waals surface area (Å²) < 4.78 is 25.9. The summed E-state index contributed by atoms with van der Waals surface area (Å²) >= 11 is 0. The lowest BCUT2D eigenvalue weighted by molar-refractivity contribution is 0.594. The van der Waals surface area contributed by atoms with Gasteiger partial charge in [0.1, 0.15) is 11.2 Å². The molecule has 0 amide bonds. The first-order chi connectivity index (χ1) is 8.68. The molecule has 0 bridgehead atoms. The first-order valence-corrected chi connectivity index (χ1v) is 6.62. The average molecular weight is 260 g/mol. The van der Waals surface area contributed by atoms with Gasteiger partial charge in [-0.1, -0.05) is 18.2 Å². The van der Waals surface area contributed by atoms with Crippen molar-refractivity contribution >= 4 is 15.6 Å². The van der Waals surface area contributed by atoms with Crippen molar-refractivity contribution < 1.29 is 8.42 Å². The van der Waals surface area contributed by atoms with Gasteiger partial charge in [0.05, 0.1) is 17.3 Å². The van der Waals surface area contributed by atoms with E-state index in [4.69, 9.17) is 0 Å². The molecule has 18 heavy (non-hydrogen) atoms. The summed E-state index contributed by atoms with van der Waals surface area (Å²) in [7, 11) is -3.56. The standard InChI is InChI=1S/C11H8N4O2S/c16-18(17,9-4-2-1-3-5-9)10-6-12-11-13-8-14-15(11)7-10/h1-8H. The van der Waals surface area contributed by atoms with Crippen LogP contribution < -0.4 is 0 Å². The molecule has 7 heteroatoms. The van der Waals surface area contributed by atoms with Gasteiger partial charge in [-0.2, -0.15) is 10.1 Å². The number of rotatable bonds is 2. The minimum Gasteiger partial charge on any atom is -0.218 e. The van der Waals surface area contributed by atoms with Gasteiger partial charge in [-0.05, 0) is 12.1 Å². The van der Waals surface area contributed by atoms with Gasteiger partial charge in [-0.25, -0.2) is 17.9 Å². The summed E-state index contributed by atoms with van der Waals surface area (Å²) in [5, 5.41) is 3.87. The Labute approximate surface area is 103 Å². The zero-order valence-corrected chi connectivity index (χ0v) is 9.95. The van der Waals surface area contributed by atoms with Crippen LogP contribution in [0.5, 0.6) is 0 Å². The first kappa shape index (κ1) is 10.8. The van der Waals surface area contributed by atoms with Gasteiger partial charge in [0.25, 0.3) is 5.78 Å². The van der Waals surface area contributed by atoms with E-state index in [1.807, 2.05) is 0 Å². The summed E-state index contributed by atoms with van der Waals surface area (Å²) in [6.45, 7) is 0. The van der Waals surface area contributed by atoms with Crippen LogP contribution in [0.15, 0.2) is 58.8 Å². The lowest BCUT2D eigenvalue weighted by atomic mass is 10.4. The van der Waals surface area contributed by atoms with Gasteiger partial charge in [-0.3, -0.25) is 0 Å². The lowest BCUT2D eigenvalue weighted by Gasteiger charge is -2.03. The van der Waals surface area contributed by atoms with Gasteiger partial charge >= 0.3 is 0 Å². The molecule has 0 aliphatic carbocycles. The number of sulfone groups is 1. The second kappa shape index (κ2) is 3.88. The fourth-order valence-corrected chi connectivity index (χ4v) is 2.79. The molecular formula is C11H8N4O2S. The summed E-state index contributed by atoms with van der Waals surface area (Å²) in [5.74, 6) is 0.363. The molecule has 0 saturated carbocycles. The molecule has 0 atom stereocenters. The highest BCUT2D eigenvalue weighted by molar-refractivity contribution is 7.91. The molecule has 3 aromatic rings. The molecule has 0 saturated heterocycles. The molecule has 0 radical (unpaired) electrons. The van der Waals surface area contributed by atoms with Crippen molar-refractivity contribution in [1.82, 2.24) is 19.6 Å². The predicted octanol–water partition coefficient (Wildman–Crippen LogP) is 0.957. The zero-order chi connectivity index (χ0) is 12.6. The van der Waals surface area contributed by atoms with Crippen molar-refractivity contribution in [1.29, 1.82) is 0 Å². The Hall–Kier alpha value is -2.28. The molecule has 90 valence electrons. The molecule has 2 heterocycles. The van der Waals surface area contributed by atoms with Crippen LogP contribution in [0.2, 0.25) is 0 Å².